The van der Waals surface area contributed by atoms with E-state index in [0.29, 0.717) is 23.2 Å². The van der Waals surface area contributed by atoms with Crippen LogP contribution in [0.25, 0.3) is 0 Å². The molecule has 1 aromatic heterocycles. The van der Waals surface area contributed by atoms with Crippen LogP contribution in [0.1, 0.15) is 17.1 Å². The minimum absolute atomic E-state index is 0.246. The Labute approximate surface area is 111 Å². The van der Waals surface area contributed by atoms with Gasteiger partial charge in [-0.3, -0.25) is 0 Å². The number of phenols is 1. The Morgan fingerprint density at radius 1 is 1.28 bits per heavy atom. The standard InChI is InChI=1S/C13H14ClN3O/c1-8-12(14)13(17-9(2)16-8)15-7-10-4-3-5-11(18)6-10/h3-6,18H,7H2,1-2H3,(H,15,16,17). The van der Waals surface area contributed by atoms with Crippen LogP contribution in [0, 0.1) is 13.8 Å². The number of aryl methyl sites for hydroxylation is 2. The van der Waals surface area contributed by atoms with Gasteiger partial charge in [-0.05, 0) is 31.5 Å². The maximum absolute atomic E-state index is 9.37. The Hall–Kier alpha value is -1.81. The molecule has 0 aliphatic rings. The van der Waals surface area contributed by atoms with Crippen molar-refractivity contribution in [1.82, 2.24) is 9.97 Å². The lowest BCUT2D eigenvalue weighted by Crippen LogP contribution is -2.05. The van der Waals surface area contributed by atoms with Crippen LogP contribution in [0.4, 0.5) is 5.82 Å². The highest BCUT2D eigenvalue weighted by Crippen LogP contribution is 2.23. The van der Waals surface area contributed by atoms with Gasteiger partial charge in [0.2, 0.25) is 0 Å². The van der Waals surface area contributed by atoms with Crippen molar-refractivity contribution in [1.29, 1.82) is 0 Å². The van der Waals surface area contributed by atoms with Crippen LogP contribution >= 0.6 is 11.6 Å². The molecule has 0 aliphatic carbocycles. The Morgan fingerprint density at radius 2 is 2.06 bits per heavy atom. The van der Waals surface area contributed by atoms with Crippen LogP contribution in [-0.2, 0) is 6.54 Å². The maximum atomic E-state index is 9.37. The van der Waals surface area contributed by atoms with E-state index in [-0.39, 0.29) is 5.75 Å². The van der Waals surface area contributed by atoms with Gasteiger partial charge in [0.05, 0.1) is 5.69 Å². The van der Waals surface area contributed by atoms with E-state index in [9.17, 15) is 5.11 Å². The molecule has 4 nitrogen and oxygen atoms in total. The molecule has 0 unspecified atom stereocenters. The lowest BCUT2D eigenvalue weighted by molar-refractivity contribution is 0.474. The van der Waals surface area contributed by atoms with Gasteiger partial charge in [0.15, 0.2) is 0 Å². The lowest BCUT2D eigenvalue weighted by atomic mass is 10.2. The van der Waals surface area contributed by atoms with E-state index < -0.39 is 0 Å². The van der Waals surface area contributed by atoms with E-state index in [2.05, 4.69) is 15.3 Å². The first-order valence-corrected chi connectivity index (χ1v) is 5.96. The molecule has 0 fully saturated rings. The Bertz CT molecular complexity index is 572. The van der Waals surface area contributed by atoms with Gasteiger partial charge in [-0.2, -0.15) is 0 Å². The number of hydrogen-bond acceptors (Lipinski definition) is 4. The second-order valence-electron chi connectivity index (χ2n) is 4.04. The third kappa shape index (κ3) is 2.90. The summed E-state index contributed by atoms with van der Waals surface area (Å²) in [5, 5.41) is 13.0. The second kappa shape index (κ2) is 5.23. The van der Waals surface area contributed by atoms with Gasteiger partial charge in [0.25, 0.3) is 0 Å². The third-order valence-electron chi connectivity index (χ3n) is 2.50. The molecular weight excluding hydrogens is 250 g/mol. The largest absolute Gasteiger partial charge is 0.508 e. The molecule has 18 heavy (non-hydrogen) atoms. The molecule has 1 heterocycles. The zero-order valence-electron chi connectivity index (χ0n) is 10.2. The predicted octanol–water partition coefficient (Wildman–Crippen LogP) is 3.06. The Balaban J connectivity index is 2.15. The SMILES string of the molecule is Cc1nc(C)c(Cl)c(NCc2cccc(O)c2)n1. The molecular formula is C13H14ClN3O. The summed E-state index contributed by atoms with van der Waals surface area (Å²) < 4.78 is 0. The molecule has 2 aromatic rings. The fourth-order valence-electron chi connectivity index (χ4n) is 1.67. The Morgan fingerprint density at radius 3 is 2.78 bits per heavy atom. The quantitative estimate of drug-likeness (QED) is 0.894. The van der Waals surface area contributed by atoms with Crippen molar-refractivity contribution in [3.8, 4) is 5.75 Å². The highest BCUT2D eigenvalue weighted by molar-refractivity contribution is 6.33. The van der Waals surface area contributed by atoms with Crippen molar-refractivity contribution in [3.05, 3.63) is 46.4 Å². The zero-order chi connectivity index (χ0) is 13.1. The summed E-state index contributed by atoms with van der Waals surface area (Å²) in [6.07, 6.45) is 0. The van der Waals surface area contributed by atoms with Crippen molar-refractivity contribution in [2.45, 2.75) is 20.4 Å². The molecule has 0 spiro atoms. The van der Waals surface area contributed by atoms with Crippen LogP contribution in [0.2, 0.25) is 5.02 Å². The average molecular weight is 264 g/mol. The normalized spacial score (nSPS) is 10.4. The molecule has 0 atom stereocenters. The first kappa shape index (κ1) is 12.6. The number of hydrogen-bond donors (Lipinski definition) is 2. The van der Waals surface area contributed by atoms with Gasteiger partial charge in [-0.1, -0.05) is 23.7 Å². The fourth-order valence-corrected chi connectivity index (χ4v) is 1.82. The van der Waals surface area contributed by atoms with Crippen molar-refractivity contribution in [2.24, 2.45) is 0 Å². The van der Waals surface area contributed by atoms with Crippen LogP contribution in [0.5, 0.6) is 5.75 Å². The summed E-state index contributed by atoms with van der Waals surface area (Å²) in [4.78, 5) is 8.43. The fraction of sp³-hybridized carbons (Fsp3) is 0.231. The number of aromatic nitrogens is 2. The third-order valence-corrected chi connectivity index (χ3v) is 2.95. The van der Waals surface area contributed by atoms with Crippen LogP contribution < -0.4 is 5.32 Å². The highest BCUT2D eigenvalue weighted by atomic mass is 35.5. The van der Waals surface area contributed by atoms with Crippen molar-refractivity contribution >= 4 is 17.4 Å². The number of nitrogens with one attached hydrogen (secondary N) is 1. The molecule has 0 bridgehead atoms. The van der Waals surface area contributed by atoms with Gasteiger partial charge in [0, 0.05) is 6.54 Å². The van der Waals surface area contributed by atoms with Gasteiger partial charge >= 0.3 is 0 Å². The number of nitrogens with zero attached hydrogens (tertiary/aromatic N) is 2. The molecule has 5 heteroatoms. The minimum atomic E-state index is 0.246. The van der Waals surface area contributed by atoms with Crippen molar-refractivity contribution < 1.29 is 5.11 Å². The average Bonchev–Trinajstić information content (AvgIpc) is 2.32. The molecule has 0 amide bonds. The number of anilines is 1. The number of rotatable bonds is 3. The molecule has 1 aromatic carbocycles. The number of halogens is 1. The van der Waals surface area contributed by atoms with Gasteiger partial charge in [-0.25, -0.2) is 9.97 Å². The van der Waals surface area contributed by atoms with Gasteiger partial charge in [-0.15, -0.1) is 0 Å². The smallest absolute Gasteiger partial charge is 0.149 e. The van der Waals surface area contributed by atoms with E-state index in [4.69, 9.17) is 11.6 Å². The molecule has 94 valence electrons. The summed E-state index contributed by atoms with van der Waals surface area (Å²) in [5.41, 5.74) is 1.71. The van der Waals surface area contributed by atoms with Gasteiger partial charge in [0.1, 0.15) is 22.4 Å². The summed E-state index contributed by atoms with van der Waals surface area (Å²) in [6.45, 7) is 4.21. The number of aromatic hydroxyl groups is 1. The first-order valence-electron chi connectivity index (χ1n) is 5.59. The molecule has 2 N–H and O–H groups in total. The molecule has 0 saturated heterocycles. The summed E-state index contributed by atoms with van der Waals surface area (Å²) in [7, 11) is 0. The summed E-state index contributed by atoms with van der Waals surface area (Å²) in [5.74, 6) is 1.54. The second-order valence-corrected chi connectivity index (χ2v) is 4.42. The van der Waals surface area contributed by atoms with Crippen LogP contribution in [0.3, 0.4) is 0 Å². The summed E-state index contributed by atoms with van der Waals surface area (Å²) in [6, 6.07) is 7.04. The monoisotopic (exact) mass is 263 g/mol. The molecule has 0 saturated carbocycles. The first-order chi connectivity index (χ1) is 8.56. The molecule has 0 aliphatic heterocycles. The van der Waals surface area contributed by atoms with Crippen LogP contribution in [-0.4, -0.2) is 15.1 Å². The molecule has 0 radical (unpaired) electrons. The number of benzene rings is 1. The van der Waals surface area contributed by atoms with E-state index in [1.54, 1.807) is 18.2 Å². The Kier molecular flexibility index (Phi) is 3.67. The number of phenolic OH excluding ortho intramolecular Hbond substituents is 1. The minimum Gasteiger partial charge on any atom is -0.508 e. The van der Waals surface area contributed by atoms with E-state index in [1.165, 1.54) is 0 Å². The highest BCUT2D eigenvalue weighted by Gasteiger charge is 2.07. The predicted molar refractivity (Wildman–Crippen MR) is 71.9 cm³/mol. The maximum Gasteiger partial charge on any atom is 0.149 e. The van der Waals surface area contributed by atoms with Crippen molar-refractivity contribution in [2.75, 3.05) is 5.32 Å². The van der Waals surface area contributed by atoms with Crippen molar-refractivity contribution in [3.63, 3.8) is 0 Å². The zero-order valence-corrected chi connectivity index (χ0v) is 11.0. The van der Waals surface area contributed by atoms with E-state index >= 15 is 0 Å². The van der Waals surface area contributed by atoms with Crippen LogP contribution in [0.15, 0.2) is 24.3 Å². The summed E-state index contributed by atoms with van der Waals surface area (Å²) >= 11 is 6.13. The lowest BCUT2D eigenvalue weighted by Gasteiger charge is -2.10. The van der Waals surface area contributed by atoms with Gasteiger partial charge < -0.3 is 10.4 Å². The topological polar surface area (TPSA) is 58.0 Å². The molecule has 2 rings (SSSR count). The van der Waals surface area contributed by atoms with E-state index in [0.717, 1.165) is 11.3 Å². The van der Waals surface area contributed by atoms with E-state index in [1.807, 2.05) is 19.9 Å².